The maximum absolute atomic E-state index is 14.2. The molecule has 23 heavy (non-hydrogen) atoms. The molecule has 2 aromatic carbocycles. The zero-order valence-electron chi connectivity index (χ0n) is 12.1. The summed E-state index contributed by atoms with van der Waals surface area (Å²) >= 11 is 1.33. The molecule has 1 aliphatic heterocycles. The molecule has 0 aliphatic carbocycles. The second-order valence-corrected chi connectivity index (χ2v) is 6.27. The normalized spacial score (nSPS) is 16.7. The van der Waals surface area contributed by atoms with Crippen LogP contribution in [0, 0.1) is 5.82 Å². The molecule has 2 heterocycles. The number of benzene rings is 2. The Morgan fingerprint density at radius 2 is 1.83 bits per heavy atom. The second kappa shape index (κ2) is 5.59. The molecule has 3 nitrogen and oxygen atoms in total. The van der Waals surface area contributed by atoms with Crippen LogP contribution >= 0.6 is 11.5 Å². The van der Waals surface area contributed by atoms with Crippen molar-refractivity contribution in [2.24, 2.45) is 0 Å². The van der Waals surface area contributed by atoms with Gasteiger partial charge in [0.05, 0.1) is 10.6 Å². The van der Waals surface area contributed by atoms with Crippen molar-refractivity contribution >= 4 is 23.1 Å². The van der Waals surface area contributed by atoms with Gasteiger partial charge in [-0.25, -0.2) is 4.39 Å². The van der Waals surface area contributed by atoms with Gasteiger partial charge in [-0.1, -0.05) is 48.5 Å². The number of halogens is 1. The van der Waals surface area contributed by atoms with E-state index in [0.29, 0.717) is 11.3 Å². The minimum absolute atomic E-state index is 0.108. The number of nitrogens with one attached hydrogen (secondary N) is 1. The molecule has 3 aromatic rings. The zero-order valence-corrected chi connectivity index (χ0v) is 12.9. The second-order valence-electron chi connectivity index (χ2n) is 5.46. The third kappa shape index (κ3) is 2.43. The van der Waals surface area contributed by atoms with E-state index in [4.69, 9.17) is 0 Å². The molecule has 0 radical (unpaired) electrons. The van der Waals surface area contributed by atoms with E-state index in [1.165, 1.54) is 17.6 Å². The van der Waals surface area contributed by atoms with Gasteiger partial charge in [0, 0.05) is 17.9 Å². The summed E-state index contributed by atoms with van der Waals surface area (Å²) in [5, 5.41) is 2.91. The fourth-order valence-electron chi connectivity index (χ4n) is 2.93. The Balaban J connectivity index is 1.85. The van der Waals surface area contributed by atoms with Crippen molar-refractivity contribution in [3.8, 4) is 11.3 Å². The van der Waals surface area contributed by atoms with Gasteiger partial charge in [0.25, 0.3) is 0 Å². The van der Waals surface area contributed by atoms with Crippen LogP contribution in [0.4, 0.5) is 10.1 Å². The average Bonchev–Trinajstić information content (AvgIpc) is 2.99. The summed E-state index contributed by atoms with van der Waals surface area (Å²) in [7, 11) is 0. The lowest BCUT2D eigenvalue weighted by molar-refractivity contribution is -0.116. The fraction of sp³-hybridized carbons (Fsp3) is 0.111. The molecular formula is C18H13FN2OS. The zero-order chi connectivity index (χ0) is 15.8. The highest BCUT2D eigenvalue weighted by Gasteiger charge is 2.32. The number of aromatic nitrogens is 1. The van der Waals surface area contributed by atoms with Crippen molar-refractivity contribution in [1.29, 1.82) is 0 Å². The summed E-state index contributed by atoms with van der Waals surface area (Å²) in [5.74, 6) is -0.675. The van der Waals surface area contributed by atoms with Crippen LogP contribution in [0.1, 0.15) is 22.8 Å². The number of carbonyl (C=O) groups excluding carboxylic acids is 1. The Morgan fingerprint density at radius 1 is 1.09 bits per heavy atom. The van der Waals surface area contributed by atoms with Gasteiger partial charge in [0.2, 0.25) is 5.91 Å². The van der Waals surface area contributed by atoms with E-state index in [1.807, 2.05) is 30.3 Å². The minimum Gasteiger partial charge on any atom is -0.323 e. The summed E-state index contributed by atoms with van der Waals surface area (Å²) in [6.45, 7) is 0. The van der Waals surface area contributed by atoms with Crippen LogP contribution in [-0.4, -0.2) is 10.3 Å². The molecule has 1 N–H and O–H groups in total. The molecular weight excluding hydrogens is 311 g/mol. The summed E-state index contributed by atoms with van der Waals surface area (Å²) < 4.78 is 18.7. The lowest BCUT2D eigenvalue weighted by Crippen LogP contribution is -2.23. The number of hydrogen-bond donors (Lipinski definition) is 1. The number of nitrogens with zero attached hydrogens (tertiary/aromatic N) is 1. The van der Waals surface area contributed by atoms with Crippen molar-refractivity contribution < 1.29 is 9.18 Å². The van der Waals surface area contributed by atoms with Crippen LogP contribution in [-0.2, 0) is 4.79 Å². The fourth-order valence-corrected chi connectivity index (χ4v) is 3.89. The van der Waals surface area contributed by atoms with E-state index in [1.54, 1.807) is 18.2 Å². The summed E-state index contributed by atoms with van der Waals surface area (Å²) in [6, 6.07) is 16.3. The minimum atomic E-state index is -0.284. The maximum atomic E-state index is 14.2. The molecule has 5 heteroatoms. The summed E-state index contributed by atoms with van der Waals surface area (Å²) in [4.78, 5) is 13.1. The first-order valence-corrected chi connectivity index (χ1v) is 8.10. The molecule has 0 saturated carbocycles. The van der Waals surface area contributed by atoms with Gasteiger partial charge >= 0.3 is 0 Å². The van der Waals surface area contributed by atoms with Crippen molar-refractivity contribution in [2.45, 2.75) is 12.3 Å². The number of hydrogen-bond acceptors (Lipinski definition) is 3. The first-order chi connectivity index (χ1) is 11.2. The molecule has 0 unspecified atom stereocenters. The quantitative estimate of drug-likeness (QED) is 0.758. The van der Waals surface area contributed by atoms with E-state index in [2.05, 4.69) is 9.69 Å². The largest absolute Gasteiger partial charge is 0.323 e. The number of carbonyl (C=O) groups is 1. The Morgan fingerprint density at radius 3 is 2.61 bits per heavy atom. The number of rotatable bonds is 2. The molecule has 114 valence electrons. The average molecular weight is 324 g/mol. The first-order valence-electron chi connectivity index (χ1n) is 7.33. The number of fused-ring (bicyclic) bond motifs is 1. The van der Waals surface area contributed by atoms with Gasteiger partial charge in [0.15, 0.2) is 0 Å². The van der Waals surface area contributed by atoms with E-state index < -0.39 is 0 Å². The van der Waals surface area contributed by atoms with Gasteiger partial charge in [-0.3, -0.25) is 4.79 Å². The molecule has 1 atom stereocenters. The highest BCUT2D eigenvalue weighted by Crippen LogP contribution is 2.45. The third-order valence-electron chi connectivity index (χ3n) is 4.02. The molecule has 0 bridgehead atoms. The van der Waals surface area contributed by atoms with Crippen LogP contribution in [0.25, 0.3) is 11.3 Å². The van der Waals surface area contributed by atoms with Gasteiger partial charge < -0.3 is 5.32 Å². The van der Waals surface area contributed by atoms with Crippen LogP contribution in [0.3, 0.4) is 0 Å². The Kier molecular flexibility index (Phi) is 3.42. The lowest BCUT2D eigenvalue weighted by atomic mass is 9.89. The smallest absolute Gasteiger partial charge is 0.225 e. The first kappa shape index (κ1) is 14.1. The van der Waals surface area contributed by atoms with Crippen molar-refractivity contribution in [3.05, 3.63) is 70.9 Å². The Labute approximate surface area is 137 Å². The van der Waals surface area contributed by atoms with E-state index in [9.17, 15) is 9.18 Å². The van der Waals surface area contributed by atoms with Crippen molar-refractivity contribution in [2.75, 3.05) is 5.32 Å². The molecule has 1 aromatic heterocycles. The third-order valence-corrected chi connectivity index (χ3v) is 4.98. The van der Waals surface area contributed by atoms with Crippen molar-refractivity contribution in [3.63, 3.8) is 0 Å². The molecule has 1 aliphatic rings. The monoisotopic (exact) mass is 324 g/mol. The highest BCUT2D eigenvalue weighted by molar-refractivity contribution is 7.07. The van der Waals surface area contributed by atoms with E-state index >= 15 is 0 Å². The highest BCUT2D eigenvalue weighted by atomic mass is 32.1. The van der Waals surface area contributed by atoms with Gasteiger partial charge in [0.1, 0.15) is 11.5 Å². The Bertz CT molecular complexity index is 876. The van der Waals surface area contributed by atoms with Crippen LogP contribution in [0.5, 0.6) is 0 Å². The predicted molar refractivity (Wildman–Crippen MR) is 89.0 cm³/mol. The molecule has 1 amide bonds. The van der Waals surface area contributed by atoms with E-state index in [-0.39, 0.29) is 24.1 Å². The van der Waals surface area contributed by atoms with E-state index in [0.717, 1.165) is 16.1 Å². The maximum Gasteiger partial charge on any atom is 0.225 e. The summed E-state index contributed by atoms with van der Waals surface area (Å²) in [6.07, 6.45) is 0.240. The van der Waals surface area contributed by atoms with Crippen LogP contribution in [0.2, 0.25) is 0 Å². The molecule has 4 rings (SSSR count). The topological polar surface area (TPSA) is 42.0 Å². The van der Waals surface area contributed by atoms with Crippen molar-refractivity contribution in [1.82, 2.24) is 4.37 Å². The van der Waals surface area contributed by atoms with Crippen LogP contribution in [0.15, 0.2) is 54.6 Å². The number of anilines is 1. The standard InChI is InChI=1S/C18H13FN2OS/c19-14-9-5-4-8-12(14)13-10-15(22)20-17-16(21-23-18(13)17)11-6-2-1-3-7-11/h1-9,13H,10H2,(H,20,22)/t13-/m1/s1. The Hall–Kier alpha value is -2.53. The molecule has 0 saturated heterocycles. The molecule has 0 spiro atoms. The molecule has 0 fully saturated rings. The lowest BCUT2D eigenvalue weighted by Gasteiger charge is -2.23. The summed E-state index contributed by atoms with van der Waals surface area (Å²) in [5.41, 5.74) is 2.96. The SMILES string of the molecule is O=C1C[C@H](c2ccccc2F)c2snc(-c3ccccc3)c2N1. The van der Waals surface area contributed by atoms with Gasteiger partial charge in [-0.2, -0.15) is 4.37 Å². The number of amides is 1. The van der Waals surface area contributed by atoms with Gasteiger partial charge in [-0.05, 0) is 23.2 Å². The van der Waals surface area contributed by atoms with Gasteiger partial charge in [-0.15, -0.1) is 0 Å². The van der Waals surface area contributed by atoms with Crippen LogP contribution < -0.4 is 5.32 Å². The predicted octanol–water partition coefficient (Wildman–Crippen LogP) is 4.42.